The van der Waals surface area contributed by atoms with Crippen molar-refractivity contribution in [3.05, 3.63) is 81.9 Å². The van der Waals surface area contributed by atoms with Crippen LogP contribution >= 0.6 is 0 Å². The molecule has 3 heterocycles. The summed E-state index contributed by atoms with van der Waals surface area (Å²) in [5.41, 5.74) is 3.10. The first-order valence-corrected chi connectivity index (χ1v) is 13.5. The molecule has 3 aliphatic rings. The molecule has 1 amide bonds. The van der Waals surface area contributed by atoms with Crippen LogP contribution in [0.4, 0.5) is 8.78 Å². The number of carbonyl (C=O) groups excluding carboxylic acids is 1. The standard InChI is InChI=1S/C30H33F2N7O/c1-37-12-14-38(15-13-37)19-22-7-9-24(17-25(22)20-5-6-20)36-30(40)23-16-21(28(29(31)32)35-18-23)8-10-27(34)39-11-3-2-4-26(39)33/h2-4,11,16-18,20,29,33-34H,5-7,9,12-15,19H2,1H3,(H,36,40). The Labute approximate surface area is 232 Å². The molecule has 1 saturated carbocycles. The number of piperazine rings is 1. The van der Waals surface area contributed by atoms with Gasteiger partial charge in [-0.25, -0.2) is 8.78 Å². The Morgan fingerprint density at radius 1 is 1.20 bits per heavy atom. The van der Waals surface area contributed by atoms with E-state index in [0.29, 0.717) is 12.3 Å². The number of alkyl halides is 2. The molecule has 5 rings (SSSR count). The van der Waals surface area contributed by atoms with Crippen LogP contribution in [-0.4, -0.2) is 70.9 Å². The van der Waals surface area contributed by atoms with Gasteiger partial charge in [0.15, 0.2) is 5.84 Å². The van der Waals surface area contributed by atoms with Gasteiger partial charge in [0.2, 0.25) is 0 Å². The highest BCUT2D eigenvalue weighted by Gasteiger charge is 2.30. The van der Waals surface area contributed by atoms with E-state index in [1.54, 1.807) is 12.1 Å². The van der Waals surface area contributed by atoms with Crippen LogP contribution in [0.2, 0.25) is 0 Å². The second kappa shape index (κ2) is 12.1. The lowest BCUT2D eigenvalue weighted by Crippen LogP contribution is -2.45. The second-order valence-corrected chi connectivity index (χ2v) is 10.5. The molecule has 10 heteroatoms. The van der Waals surface area contributed by atoms with Crippen LogP contribution in [0.3, 0.4) is 0 Å². The number of allylic oxidation sites excluding steroid dienone is 3. The number of carbonyl (C=O) groups is 1. The first-order valence-electron chi connectivity index (χ1n) is 13.5. The maximum atomic E-state index is 13.7. The fraction of sp³-hybridized carbons (Fsp3) is 0.400. The van der Waals surface area contributed by atoms with Crippen LogP contribution in [0.1, 0.15) is 53.7 Å². The number of aromatic nitrogens is 2. The quantitative estimate of drug-likeness (QED) is 0.294. The van der Waals surface area contributed by atoms with Crippen molar-refractivity contribution in [2.75, 3.05) is 39.8 Å². The molecule has 2 aromatic heterocycles. The van der Waals surface area contributed by atoms with Gasteiger partial charge < -0.3 is 10.2 Å². The average Bonchev–Trinajstić information content (AvgIpc) is 3.79. The Balaban J connectivity index is 1.33. The number of nitrogens with one attached hydrogen (secondary N) is 3. The molecular formula is C30H33F2N7O. The first-order chi connectivity index (χ1) is 19.3. The van der Waals surface area contributed by atoms with Gasteiger partial charge in [-0.1, -0.05) is 17.6 Å². The highest BCUT2D eigenvalue weighted by atomic mass is 19.3. The molecule has 2 aliphatic carbocycles. The largest absolute Gasteiger partial charge is 0.326 e. The Morgan fingerprint density at radius 2 is 1.98 bits per heavy atom. The van der Waals surface area contributed by atoms with Crippen LogP contribution < -0.4 is 10.8 Å². The minimum absolute atomic E-state index is 0.0363. The molecule has 3 N–H and O–H groups in total. The predicted molar refractivity (Wildman–Crippen MR) is 148 cm³/mol. The van der Waals surface area contributed by atoms with E-state index in [0.717, 1.165) is 51.0 Å². The van der Waals surface area contributed by atoms with Crippen molar-refractivity contribution in [1.82, 2.24) is 24.7 Å². The Kier molecular flexibility index (Phi) is 8.33. The van der Waals surface area contributed by atoms with Crippen LogP contribution in [0.5, 0.6) is 0 Å². The van der Waals surface area contributed by atoms with Crippen molar-refractivity contribution < 1.29 is 13.6 Å². The number of rotatable bonds is 6. The molecule has 0 aromatic carbocycles. The minimum atomic E-state index is -2.89. The number of pyridine rings is 2. The smallest absolute Gasteiger partial charge is 0.281 e. The summed E-state index contributed by atoms with van der Waals surface area (Å²) >= 11 is 0. The SMILES string of the molecule is CN1CCN(CC2=C(C3CC3)C=C(NC(=O)c3cnc(C(F)F)c(C#CC(=N)n4ccccc4=N)c3)CC2)CC1. The molecule has 2 aromatic rings. The van der Waals surface area contributed by atoms with Gasteiger partial charge in [-0.2, -0.15) is 0 Å². The lowest BCUT2D eigenvalue weighted by atomic mass is 9.91. The van der Waals surface area contributed by atoms with Crippen molar-refractivity contribution in [3.63, 3.8) is 0 Å². The van der Waals surface area contributed by atoms with Gasteiger partial charge in [-0.05, 0) is 74.4 Å². The number of hydrogen-bond donors (Lipinski definition) is 3. The van der Waals surface area contributed by atoms with Gasteiger partial charge in [0.25, 0.3) is 12.3 Å². The summed E-state index contributed by atoms with van der Waals surface area (Å²) in [6.07, 6.45) is 5.79. The minimum Gasteiger partial charge on any atom is -0.326 e. The number of hydrogen-bond acceptors (Lipinski definition) is 6. The molecule has 2 fully saturated rings. The average molecular weight is 546 g/mol. The fourth-order valence-corrected chi connectivity index (χ4v) is 5.05. The van der Waals surface area contributed by atoms with Crippen molar-refractivity contribution >= 4 is 11.7 Å². The topological polar surface area (TPSA) is 101 Å². The third kappa shape index (κ3) is 6.61. The third-order valence-corrected chi connectivity index (χ3v) is 7.54. The maximum Gasteiger partial charge on any atom is 0.281 e. The number of halogens is 2. The number of amides is 1. The van der Waals surface area contributed by atoms with Gasteiger partial charge in [0, 0.05) is 50.8 Å². The Bertz CT molecular complexity index is 1490. The molecule has 0 radical (unpaired) electrons. The third-order valence-electron chi connectivity index (χ3n) is 7.54. The first kappa shape index (κ1) is 27.6. The summed E-state index contributed by atoms with van der Waals surface area (Å²) in [5, 5.41) is 19.0. The van der Waals surface area contributed by atoms with E-state index >= 15 is 0 Å². The second-order valence-electron chi connectivity index (χ2n) is 10.5. The van der Waals surface area contributed by atoms with Crippen LogP contribution in [0.15, 0.2) is 59.6 Å². The van der Waals surface area contributed by atoms with Gasteiger partial charge in [0.05, 0.1) is 11.1 Å². The molecule has 1 saturated heterocycles. The highest BCUT2D eigenvalue weighted by Crippen LogP contribution is 2.42. The summed E-state index contributed by atoms with van der Waals surface area (Å²) < 4.78 is 28.5. The van der Waals surface area contributed by atoms with E-state index in [9.17, 15) is 13.6 Å². The summed E-state index contributed by atoms with van der Waals surface area (Å²) in [7, 11) is 2.15. The van der Waals surface area contributed by atoms with Gasteiger partial charge in [-0.15, -0.1) is 0 Å². The zero-order valence-electron chi connectivity index (χ0n) is 22.5. The Morgan fingerprint density at radius 3 is 2.67 bits per heavy atom. The van der Waals surface area contributed by atoms with Crippen LogP contribution in [0, 0.1) is 28.6 Å². The summed E-state index contributed by atoms with van der Waals surface area (Å²) in [6.45, 7) is 5.24. The zero-order valence-corrected chi connectivity index (χ0v) is 22.5. The molecule has 40 heavy (non-hydrogen) atoms. The van der Waals surface area contributed by atoms with Crippen molar-refractivity contribution in [2.45, 2.75) is 32.1 Å². The number of likely N-dealkylation sites (N-methyl/N-ethyl adjacent to an activating group) is 1. The predicted octanol–water partition coefficient (Wildman–Crippen LogP) is 3.54. The molecule has 0 spiro atoms. The molecule has 0 atom stereocenters. The monoisotopic (exact) mass is 545 g/mol. The van der Waals surface area contributed by atoms with Crippen molar-refractivity contribution in [1.29, 1.82) is 10.8 Å². The van der Waals surface area contributed by atoms with Gasteiger partial charge in [0.1, 0.15) is 11.2 Å². The number of nitrogens with zero attached hydrogens (tertiary/aromatic N) is 4. The highest BCUT2D eigenvalue weighted by molar-refractivity contribution is 5.98. The Hall–Kier alpha value is -3.94. The van der Waals surface area contributed by atoms with Crippen LogP contribution in [-0.2, 0) is 0 Å². The molecule has 1 aliphatic heterocycles. The fourth-order valence-electron chi connectivity index (χ4n) is 5.05. The molecule has 8 nitrogen and oxygen atoms in total. The van der Waals surface area contributed by atoms with Crippen molar-refractivity contribution in [2.24, 2.45) is 5.92 Å². The maximum absolute atomic E-state index is 13.7. The molecule has 0 bridgehead atoms. The van der Waals surface area contributed by atoms with E-state index in [1.165, 1.54) is 46.9 Å². The van der Waals surface area contributed by atoms with E-state index in [-0.39, 0.29) is 22.5 Å². The zero-order chi connectivity index (χ0) is 28.2. The van der Waals surface area contributed by atoms with E-state index < -0.39 is 18.0 Å². The van der Waals surface area contributed by atoms with E-state index in [2.05, 4.69) is 45.1 Å². The molecular weight excluding hydrogens is 512 g/mol. The van der Waals surface area contributed by atoms with Crippen molar-refractivity contribution in [3.8, 4) is 11.8 Å². The lowest BCUT2D eigenvalue weighted by molar-refractivity contribution is 0.0963. The van der Waals surface area contributed by atoms with Gasteiger partial charge in [-0.3, -0.25) is 30.1 Å². The van der Waals surface area contributed by atoms with E-state index in [4.69, 9.17) is 10.8 Å². The van der Waals surface area contributed by atoms with Gasteiger partial charge >= 0.3 is 0 Å². The molecule has 208 valence electrons. The summed E-state index contributed by atoms with van der Waals surface area (Å²) in [4.78, 5) is 21.8. The van der Waals surface area contributed by atoms with Crippen LogP contribution in [0.25, 0.3) is 0 Å². The molecule has 0 unspecified atom stereocenters. The van der Waals surface area contributed by atoms with E-state index in [1.807, 2.05) is 0 Å². The lowest BCUT2D eigenvalue weighted by Gasteiger charge is -2.34. The summed E-state index contributed by atoms with van der Waals surface area (Å²) in [5.74, 6) is 4.94. The normalized spacial score (nSPS) is 18.2. The summed E-state index contributed by atoms with van der Waals surface area (Å²) in [6, 6.07) is 6.08.